The van der Waals surface area contributed by atoms with Crippen LogP contribution in [0.2, 0.25) is 0 Å². The molecule has 1 fully saturated rings. The third-order valence-electron chi connectivity index (χ3n) is 5.07. The van der Waals surface area contributed by atoms with Crippen molar-refractivity contribution in [2.45, 2.75) is 33.6 Å². The minimum Gasteiger partial charge on any atom is -0.339 e. The molecule has 1 aromatic carbocycles. The number of aryl methyl sites for hydroxylation is 2. The van der Waals surface area contributed by atoms with E-state index in [0.717, 1.165) is 43.6 Å². The Bertz CT molecular complexity index is 703. The number of likely N-dealkylation sites (N-methyl/N-ethyl adjacent to an activating group) is 1. The maximum Gasteiger partial charge on any atom is 0.243 e. The Labute approximate surface area is 157 Å². The van der Waals surface area contributed by atoms with Crippen molar-refractivity contribution in [3.8, 4) is 0 Å². The predicted octanol–water partition coefficient (Wildman–Crippen LogP) is 1.74. The summed E-state index contributed by atoms with van der Waals surface area (Å²) in [6.45, 7) is 9.95. The van der Waals surface area contributed by atoms with Gasteiger partial charge in [-0.05, 0) is 30.5 Å². The second-order valence-electron chi connectivity index (χ2n) is 6.72. The van der Waals surface area contributed by atoms with Gasteiger partial charge in [-0.1, -0.05) is 39.0 Å². The van der Waals surface area contributed by atoms with Crippen LogP contribution in [-0.2, 0) is 27.7 Å². The molecule has 1 amide bonds. The molecule has 7 heteroatoms. The Balaban J connectivity index is 2.29. The molecule has 0 atom stereocenters. The van der Waals surface area contributed by atoms with E-state index in [1.165, 1.54) is 10.6 Å². The molecule has 0 radical (unpaired) electrons. The van der Waals surface area contributed by atoms with Gasteiger partial charge in [-0.2, -0.15) is 0 Å². The monoisotopic (exact) mass is 381 g/mol. The zero-order valence-corrected chi connectivity index (χ0v) is 17.2. The Hall–Kier alpha value is -1.60. The van der Waals surface area contributed by atoms with Crippen molar-refractivity contribution >= 4 is 21.6 Å². The first-order valence-corrected chi connectivity index (χ1v) is 11.2. The van der Waals surface area contributed by atoms with Gasteiger partial charge in [-0.25, -0.2) is 8.42 Å². The van der Waals surface area contributed by atoms with Gasteiger partial charge in [0.25, 0.3) is 0 Å². The summed E-state index contributed by atoms with van der Waals surface area (Å²) in [5.41, 5.74) is 2.59. The summed E-state index contributed by atoms with van der Waals surface area (Å²) >= 11 is 0. The van der Waals surface area contributed by atoms with Crippen LogP contribution in [0.15, 0.2) is 18.2 Å². The lowest BCUT2D eigenvalue weighted by Gasteiger charge is -2.35. The lowest BCUT2D eigenvalue weighted by atomic mass is 10.0. The highest BCUT2D eigenvalue weighted by molar-refractivity contribution is 7.92. The molecule has 26 heavy (non-hydrogen) atoms. The molecule has 0 saturated carbocycles. The summed E-state index contributed by atoms with van der Waals surface area (Å²) in [4.78, 5) is 16.9. The third kappa shape index (κ3) is 4.76. The van der Waals surface area contributed by atoms with Gasteiger partial charge < -0.3 is 9.80 Å². The van der Waals surface area contributed by atoms with E-state index in [1.54, 1.807) is 4.90 Å². The van der Waals surface area contributed by atoms with Gasteiger partial charge in [0.1, 0.15) is 6.54 Å². The van der Waals surface area contributed by atoms with Crippen LogP contribution in [0.25, 0.3) is 0 Å². The molecule has 0 bridgehead atoms. The van der Waals surface area contributed by atoms with E-state index < -0.39 is 10.0 Å². The number of sulfonamides is 1. The first kappa shape index (κ1) is 20.7. The highest BCUT2D eigenvalue weighted by Crippen LogP contribution is 2.29. The molecule has 1 saturated heterocycles. The van der Waals surface area contributed by atoms with Gasteiger partial charge in [-0.15, -0.1) is 0 Å². The smallest absolute Gasteiger partial charge is 0.243 e. The molecule has 0 N–H and O–H groups in total. The second kappa shape index (κ2) is 8.86. The fourth-order valence-corrected chi connectivity index (χ4v) is 4.35. The van der Waals surface area contributed by atoms with Crippen LogP contribution in [0.4, 0.5) is 5.69 Å². The van der Waals surface area contributed by atoms with Crippen LogP contribution >= 0.6 is 0 Å². The molecule has 1 aromatic rings. The third-order valence-corrected chi connectivity index (χ3v) is 6.18. The lowest BCUT2D eigenvalue weighted by molar-refractivity contribution is -0.131. The second-order valence-corrected chi connectivity index (χ2v) is 8.62. The maximum absolute atomic E-state index is 12.8. The van der Waals surface area contributed by atoms with Crippen molar-refractivity contribution in [3.05, 3.63) is 29.3 Å². The van der Waals surface area contributed by atoms with Gasteiger partial charge in [-0.3, -0.25) is 9.10 Å². The van der Waals surface area contributed by atoms with E-state index >= 15 is 0 Å². The SMILES string of the molecule is CCc1cccc(CC)c1N(CC(=O)N1CCN(CC)CC1)S(C)(=O)=O. The number of hydrogen-bond acceptors (Lipinski definition) is 4. The largest absolute Gasteiger partial charge is 0.339 e. The number of para-hydroxylation sites is 1. The van der Waals surface area contributed by atoms with E-state index in [0.29, 0.717) is 18.8 Å². The molecule has 6 nitrogen and oxygen atoms in total. The normalized spacial score (nSPS) is 15.9. The Morgan fingerprint density at radius 3 is 2.00 bits per heavy atom. The van der Waals surface area contributed by atoms with Crippen LogP contribution in [-0.4, -0.2) is 69.6 Å². The summed E-state index contributed by atoms with van der Waals surface area (Å²) in [5.74, 6) is -0.126. The Morgan fingerprint density at radius 1 is 1.04 bits per heavy atom. The minimum atomic E-state index is -3.56. The topological polar surface area (TPSA) is 60.9 Å². The van der Waals surface area contributed by atoms with Crippen LogP contribution in [0.5, 0.6) is 0 Å². The standard InChI is InChI=1S/C19H31N3O3S/c1-5-16-9-8-10-17(6-2)19(16)22(26(4,24)25)15-18(23)21-13-11-20(7-3)12-14-21/h8-10H,5-7,11-15H2,1-4H3. The van der Waals surface area contributed by atoms with Crippen LogP contribution < -0.4 is 4.31 Å². The number of anilines is 1. The molecule has 1 aliphatic heterocycles. The van der Waals surface area contributed by atoms with Crippen molar-refractivity contribution in [3.63, 3.8) is 0 Å². The fourth-order valence-electron chi connectivity index (χ4n) is 3.43. The molecule has 1 heterocycles. The first-order chi connectivity index (χ1) is 12.3. The highest BCUT2D eigenvalue weighted by atomic mass is 32.2. The van der Waals surface area contributed by atoms with Crippen molar-refractivity contribution < 1.29 is 13.2 Å². The van der Waals surface area contributed by atoms with Crippen molar-refractivity contribution in [2.24, 2.45) is 0 Å². The first-order valence-electron chi connectivity index (χ1n) is 9.40. The van der Waals surface area contributed by atoms with Crippen molar-refractivity contribution in [1.82, 2.24) is 9.80 Å². The highest BCUT2D eigenvalue weighted by Gasteiger charge is 2.28. The van der Waals surface area contributed by atoms with Crippen molar-refractivity contribution in [1.29, 1.82) is 0 Å². The number of carbonyl (C=O) groups is 1. The van der Waals surface area contributed by atoms with Gasteiger partial charge in [0.15, 0.2) is 0 Å². The predicted molar refractivity (Wildman–Crippen MR) is 106 cm³/mol. The van der Waals surface area contributed by atoms with Gasteiger partial charge >= 0.3 is 0 Å². The number of piperazine rings is 1. The van der Waals surface area contributed by atoms with E-state index in [4.69, 9.17) is 0 Å². The molecule has 0 aromatic heterocycles. The molecule has 1 aliphatic rings. The molecule has 0 aliphatic carbocycles. The van der Waals surface area contributed by atoms with E-state index in [-0.39, 0.29) is 12.5 Å². The lowest BCUT2D eigenvalue weighted by Crippen LogP contribution is -2.51. The van der Waals surface area contributed by atoms with Gasteiger partial charge in [0, 0.05) is 26.2 Å². The minimum absolute atomic E-state index is 0.126. The number of amides is 1. The summed E-state index contributed by atoms with van der Waals surface area (Å²) in [7, 11) is -3.56. The summed E-state index contributed by atoms with van der Waals surface area (Å²) in [6, 6.07) is 5.84. The van der Waals surface area contributed by atoms with Crippen molar-refractivity contribution in [2.75, 3.05) is 49.8 Å². The average molecular weight is 382 g/mol. The van der Waals surface area contributed by atoms with Crippen LogP contribution in [0.3, 0.4) is 0 Å². The Morgan fingerprint density at radius 2 is 1.58 bits per heavy atom. The van der Waals surface area contributed by atoms with Crippen LogP contribution in [0, 0.1) is 0 Å². The molecular formula is C19H31N3O3S. The van der Waals surface area contributed by atoms with Gasteiger partial charge in [0.2, 0.25) is 15.9 Å². The maximum atomic E-state index is 12.8. The summed E-state index contributed by atoms with van der Waals surface area (Å²) < 4.78 is 26.4. The van der Waals surface area contributed by atoms with E-state index in [9.17, 15) is 13.2 Å². The number of rotatable bonds is 7. The zero-order chi connectivity index (χ0) is 19.3. The fraction of sp³-hybridized carbons (Fsp3) is 0.632. The van der Waals surface area contributed by atoms with Gasteiger partial charge in [0.05, 0.1) is 11.9 Å². The number of hydrogen-bond donors (Lipinski definition) is 0. The number of benzene rings is 1. The molecule has 0 spiro atoms. The Kier molecular flexibility index (Phi) is 7.06. The number of nitrogens with zero attached hydrogens (tertiary/aromatic N) is 3. The molecule has 146 valence electrons. The molecule has 2 rings (SSSR count). The molecule has 0 unspecified atom stereocenters. The summed E-state index contributed by atoms with van der Waals surface area (Å²) in [6.07, 6.45) is 2.62. The zero-order valence-electron chi connectivity index (χ0n) is 16.4. The molecular weight excluding hydrogens is 350 g/mol. The van der Waals surface area contributed by atoms with E-state index in [2.05, 4.69) is 11.8 Å². The average Bonchev–Trinajstić information content (AvgIpc) is 2.64. The summed E-state index contributed by atoms with van der Waals surface area (Å²) in [5, 5.41) is 0. The van der Waals surface area contributed by atoms with Crippen LogP contribution in [0.1, 0.15) is 31.9 Å². The van der Waals surface area contributed by atoms with E-state index in [1.807, 2.05) is 32.0 Å². The quantitative estimate of drug-likeness (QED) is 0.722. The number of carbonyl (C=O) groups excluding carboxylic acids is 1.